The zero-order valence-electron chi connectivity index (χ0n) is 19.9. The number of nitrogens with one attached hydrogen (secondary N) is 1. The zero-order valence-corrected chi connectivity index (χ0v) is 20.7. The number of carbonyl (C=O) groups excluding carboxylic acids is 1. The minimum Gasteiger partial charge on any atom is -0.309 e. The van der Waals surface area contributed by atoms with Crippen LogP contribution in [0.1, 0.15) is 76.2 Å². The number of hydrogen-bond acceptors (Lipinski definition) is 4. The van der Waals surface area contributed by atoms with E-state index in [0.29, 0.717) is 36.7 Å². The van der Waals surface area contributed by atoms with Crippen molar-refractivity contribution in [3.8, 4) is 11.3 Å². The van der Waals surface area contributed by atoms with Crippen LogP contribution >= 0.6 is 11.8 Å². The molecule has 0 saturated heterocycles. The van der Waals surface area contributed by atoms with Crippen LogP contribution in [0.25, 0.3) is 16.2 Å². The summed E-state index contributed by atoms with van der Waals surface area (Å²) < 4.78 is 13.7. The summed E-state index contributed by atoms with van der Waals surface area (Å²) in [7, 11) is 0. The number of rotatable bonds is 6. The summed E-state index contributed by atoms with van der Waals surface area (Å²) >= 11 is 1.45. The highest BCUT2D eigenvalue weighted by Crippen LogP contribution is 2.37. The minimum absolute atomic E-state index is 0.000244. The van der Waals surface area contributed by atoms with Gasteiger partial charge in [-0.25, -0.2) is 14.4 Å². The Bertz CT molecular complexity index is 1030. The number of aromatic nitrogens is 2. The van der Waals surface area contributed by atoms with Gasteiger partial charge in [-0.3, -0.25) is 4.79 Å². The fourth-order valence-electron chi connectivity index (χ4n) is 4.56. The number of carbonyl (C=O) groups is 1. The van der Waals surface area contributed by atoms with Crippen LogP contribution in [0, 0.1) is 11.7 Å². The molecular weight excluding hydrogens is 433 g/mol. The molecule has 2 aliphatic carbocycles. The molecule has 0 unspecified atom stereocenters. The zero-order chi connectivity index (χ0) is 23.8. The molecule has 2 aromatic rings. The van der Waals surface area contributed by atoms with E-state index in [1.165, 1.54) is 37.1 Å². The molecule has 2 aliphatic rings. The van der Waals surface area contributed by atoms with E-state index in [1.807, 2.05) is 26.8 Å². The molecule has 4 nitrogen and oxygen atoms in total. The molecule has 1 heterocycles. The molecule has 0 radical (unpaired) electrons. The van der Waals surface area contributed by atoms with Gasteiger partial charge < -0.3 is 5.32 Å². The number of aryl methyl sites for hydroxylation is 2. The van der Waals surface area contributed by atoms with E-state index in [-0.39, 0.29) is 11.7 Å². The Balaban J connectivity index is 0.00000149. The van der Waals surface area contributed by atoms with Crippen molar-refractivity contribution in [3.63, 3.8) is 0 Å². The molecule has 4 rings (SSSR count). The smallest absolute Gasteiger partial charge is 0.225 e. The Morgan fingerprint density at radius 2 is 1.97 bits per heavy atom. The van der Waals surface area contributed by atoms with Crippen molar-refractivity contribution in [1.29, 1.82) is 0 Å². The summed E-state index contributed by atoms with van der Waals surface area (Å²) in [5.74, 6) is 0.721. The van der Waals surface area contributed by atoms with Crippen molar-refractivity contribution < 1.29 is 9.18 Å². The molecule has 1 aromatic heterocycles. The van der Waals surface area contributed by atoms with Gasteiger partial charge in [0.05, 0.1) is 11.4 Å². The summed E-state index contributed by atoms with van der Waals surface area (Å²) in [6.07, 6.45) is 9.79. The van der Waals surface area contributed by atoms with Gasteiger partial charge >= 0.3 is 0 Å². The number of allylic oxidation sites excluding steroid dienone is 1. The van der Waals surface area contributed by atoms with Gasteiger partial charge in [-0.15, -0.1) is 0 Å². The Morgan fingerprint density at radius 1 is 1.21 bits per heavy atom. The lowest BCUT2D eigenvalue weighted by atomic mass is 9.87. The Kier molecular flexibility index (Phi) is 9.24. The third-order valence-electron chi connectivity index (χ3n) is 6.08. The number of benzene rings is 1. The second-order valence-electron chi connectivity index (χ2n) is 8.21. The van der Waals surface area contributed by atoms with Gasteiger partial charge in [-0.05, 0) is 67.7 Å². The van der Waals surface area contributed by atoms with Crippen LogP contribution in [0.3, 0.4) is 0 Å². The largest absolute Gasteiger partial charge is 0.309 e. The van der Waals surface area contributed by atoms with Crippen molar-refractivity contribution in [1.82, 2.24) is 9.97 Å². The summed E-state index contributed by atoms with van der Waals surface area (Å²) in [5.41, 5.74) is 4.11. The van der Waals surface area contributed by atoms with Gasteiger partial charge in [-0.1, -0.05) is 57.5 Å². The second kappa shape index (κ2) is 12.1. The normalized spacial score (nSPS) is 15.6. The quantitative estimate of drug-likeness (QED) is 0.476. The Labute approximate surface area is 201 Å². The van der Waals surface area contributed by atoms with Crippen molar-refractivity contribution in [2.24, 2.45) is 5.92 Å². The first-order valence-electron chi connectivity index (χ1n) is 12.0. The summed E-state index contributed by atoms with van der Waals surface area (Å²) in [6, 6.07) is 4.82. The lowest BCUT2D eigenvalue weighted by Crippen LogP contribution is -2.21. The van der Waals surface area contributed by atoms with E-state index in [4.69, 9.17) is 9.97 Å². The molecule has 0 aliphatic heterocycles. The molecule has 176 valence electrons. The van der Waals surface area contributed by atoms with E-state index < -0.39 is 0 Å². The van der Waals surface area contributed by atoms with Crippen LogP contribution in [0.4, 0.5) is 10.2 Å². The van der Waals surface area contributed by atoms with Crippen molar-refractivity contribution >= 4 is 28.4 Å². The number of amides is 1. The molecule has 1 fully saturated rings. The maximum Gasteiger partial charge on any atom is 0.225 e. The summed E-state index contributed by atoms with van der Waals surface area (Å²) in [6.45, 7) is 9.75. The van der Waals surface area contributed by atoms with Crippen molar-refractivity contribution in [2.45, 2.75) is 72.1 Å². The van der Waals surface area contributed by atoms with E-state index in [2.05, 4.69) is 11.9 Å². The molecular formula is C27H34FN3OS. The van der Waals surface area contributed by atoms with Gasteiger partial charge in [-0.2, -0.15) is 0 Å². The average Bonchev–Trinajstić information content (AvgIpc) is 2.84. The van der Waals surface area contributed by atoms with Crippen molar-refractivity contribution in [3.05, 3.63) is 59.0 Å². The van der Waals surface area contributed by atoms with Crippen LogP contribution in [0.15, 0.2) is 36.3 Å². The summed E-state index contributed by atoms with van der Waals surface area (Å²) in [5, 5.41) is 4.80. The molecule has 1 aromatic carbocycles. The molecule has 1 N–H and O–H groups in total. The molecule has 33 heavy (non-hydrogen) atoms. The van der Waals surface area contributed by atoms with Gasteiger partial charge in [0.1, 0.15) is 11.5 Å². The van der Waals surface area contributed by atoms with Crippen LogP contribution in [-0.2, 0) is 17.6 Å². The number of hydrogen-bond donors (Lipinski definition) is 1. The van der Waals surface area contributed by atoms with E-state index in [1.54, 1.807) is 17.5 Å². The molecule has 0 bridgehead atoms. The first kappa shape index (κ1) is 25.2. The maximum absolute atomic E-state index is 13.7. The highest BCUT2D eigenvalue weighted by molar-refractivity contribution is 8.10. The Hall–Kier alpha value is -2.47. The molecule has 0 spiro atoms. The molecule has 0 atom stereocenters. The van der Waals surface area contributed by atoms with E-state index in [0.717, 1.165) is 40.3 Å². The first-order chi connectivity index (χ1) is 16.1. The Morgan fingerprint density at radius 3 is 2.67 bits per heavy atom. The standard InChI is InChI=1S/C25H28FN3OS.C2H6/c1-3-21(31-4-2)24-25(28-22(30)14-16-8-6-5-7-9-16)27-20-13-10-17-15-18(26)11-12-19(17)23(20)29-24;1-2/h3-4,11-12,15-16H,2,5-10,13-14H2,1H3,(H,27,28,30);1-2H3/b21-3-;. The lowest BCUT2D eigenvalue weighted by Gasteiger charge is -2.23. The van der Waals surface area contributed by atoms with Gasteiger partial charge in [0, 0.05) is 16.9 Å². The van der Waals surface area contributed by atoms with E-state index >= 15 is 0 Å². The molecule has 1 saturated carbocycles. The monoisotopic (exact) mass is 467 g/mol. The van der Waals surface area contributed by atoms with Gasteiger partial charge in [0.15, 0.2) is 5.82 Å². The maximum atomic E-state index is 13.7. The number of fused-ring (bicyclic) bond motifs is 3. The highest BCUT2D eigenvalue weighted by atomic mass is 32.2. The number of halogens is 1. The summed E-state index contributed by atoms with van der Waals surface area (Å²) in [4.78, 5) is 23.5. The van der Waals surface area contributed by atoms with E-state index in [9.17, 15) is 9.18 Å². The van der Waals surface area contributed by atoms with Crippen LogP contribution in [0.2, 0.25) is 0 Å². The van der Waals surface area contributed by atoms with Gasteiger partial charge in [0.2, 0.25) is 5.91 Å². The predicted octanol–water partition coefficient (Wildman–Crippen LogP) is 7.55. The number of thioether (sulfide) groups is 1. The topological polar surface area (TPSA) is 54.9 Å². The fourth-order valence-corrected chi connectivity index (χ4v) is 5.13. The third-order valence-corrected chi connectivity index (χ3v) is 6.93. The highest BCUT2D eigenvalue weighted by Gasteiger charge is 2.25. The first-order valence-corrected chi connectivity index (χ1v) is 12.9. The SMILES string of the molecule is C=CS/C(=C\C)c1nc2c(nc1NC(=O)CC1CCCCC1)CCc1cc(F)ccc1-2.CC. The van der Waals surface area contributed by atoms with Crippen LogP contribution in [0.5, 0.6) is 0 Å². The number of nitrogens with zero attached hydrogens (tertiary/aromatic N) is 2. The van der Waals surface area contributed by atoms with Crippen molar-refractivity contribution in [2.75, 3.05) is 5.32 Å². The number of anilines is 1. The third kappa shape index (κ3) is 6.11. The minimum atomic E-state index is -0.238. The van der Waals surface area contributed by atoms with Crippen LogP contribution < -0.4 is 5.32 Å². The second-order valence-corrected chi connectivity index (χ2v) is 9.22. The van der Waals surface area contributed by atoms with Crippen LogP contribution in [-0.4, -0.2) is 15.9 Å². The van der Waals surface area contributed by atoms with Gasteiger partial charge in [0.25, 0.3) is 0 Å². The molecule has 1 amide bonds. The lowest BCUT2D eigenvalue weighted by molar-refractivity contribution is -0.117. The molecule has 6 heteroatoms. The fraction of sp³-hybridized carbons (Fsp3) is 0.444. The average molecular weight is 468 g/mol. The predicted molar refractivity (Wildman–Crippen MR) is 137 cm³/mol.